The number of nitrogens with zero attached hydrogens (tertiary/aromatic N) is 1. The van der Waals surface area contributed by atoms with E-state index in [9.17, 15) is 4.79 Å². The summed E-state index contributed by atoms with van der Waals surface area (Å²) in [5, 5.41) is 0. The summed E-state index contributed by atoms with van der Waals surface area (Å²) in [6, 6.07) is 11.9. The maximum atomic E-state index is 11.8. The zero-order valence-corrected chi connectivity index (χ0v) is 12.8. The molecule has 0 N–H and O–H groups in total. The Labute approximate surface area is 120 Å². The van der Waals surface area contributed by atoms with Crippen molar-refractivity contribution in [2.45, 2.75) is 40.0 Å². The van der Waals surface area contributed by atoms with E-state index in [1.165, 1.54) is 5.56 Å². The minimum atomic E-state index is -0.0805. The van der Waals surface area contributed by atoms with Crippen LogP contribution in [0.5, 0.6) is 0 Å². The Morgan fingerprint density at radius 2 is 1.75 bits per heavy atom. The van der Waals surface area contributed by atoms with Gasteiger partial charge in [-0.15, -0.1) is 0 Å². The fraction of sp³-hybridized carbons (Fsp3) is 0.333. The second-order valence-corrected chi connectivity index (χ2v) is 6.25. The van der Waals surface area contributed by atoms with Crippen LogP contribution in [0.4, 0.5) is 0 Å². The highest BCUT2D eigenvalue weighted by molar-refractivity contribution is 5.95. The second kappa shape index (κ2) is 5.20. The Balaban J connectivity index is 2.68. The minimum Gasteiger partial charge on any atom is -0.295 e. The van der Waals surface area contributed by atoms with Gasteiger partial charge in [0.05, 0.1) is 5.69 Å². The van der Waals surface area contributed by atoms with Crippen LogP contribution in [-0.4, -0.2) is 10.8 Å². The molecule has 0 saturated heterocycles. The Kier molecular flexibility index (Phi) is 3.76. The quantitative estimate of drug-likeness (QED) is 0.747. The van der Waals surface area contributed by atoms with Gasteiger partial charge in [-0.2, -0.15) is 0 Å². The number of carbonyl (C=O) groups excluding carboxylic acids is 1. The van der Waals surface area contributed by atoms with Crippen LogP contribution in [-0.2, 0) is 5.41 Å². The van der Waals surface area contributed by atoms with Crippen molar-refractivity contribution in [2.75, 3.05) is 0 Å². The summed E-state index contributed by atoms with van der Waals surface area (Å²) in [7, 11) is 0. The standard InChI is InChI=1S/C18H21NO/c1-12-8-6-7-9-15(12)16-10-14(13(2)20)11-17(19-16)18(3,4)5/h6-11H,1-5H3. The molecule has 1 aromatic carbocycles. The van der Waals surface area contributed by atoms with Crippen molar-refractivity contribution in [3.8, 4) is 11.3 Å². The zero-order chi connectivity index (χ0) is 14.9. The van der Waals surface area contributed by atoms with Crippen LogP contribution in [0.25, 0.3) is 11.3 Å². The molecule has 2 rings (SSSR count). The first-order valence-electron chi connectivity index (χ1n) is 6.88. The van der Waals surface area contributed by atoms with Crippen molar-refractivity contribution in [1.29, 1.82) is 0 Å². The van der Waals surface area contributed by atoms with Crippen molar-refractivity contribution < 1.29 is 4.79 Å². The average Bonchev–Trinajstić information content (AvgIpc) is 2.37. The van der Waals surface area contributed by atoms with E-state index in [0.29, 0.717) is 0 Å². The van der Waals surface area contributed by atoms with E-state index in [4.69, 9.17) is 4.98 Å². The molecule has 20 heavy (non-hydrogen) atoms. The molecule has 0 aliphatic heterocycles. The lowest BCUT2D eigenvalue weighted by Crippen LogP contribution is -2.15. The van der Waals surface area contributed by atoms with Crippen LogP contribution in [0.1, 0.15) is 49.3 Å². The molecule has 2 heteroatoms. The highest BCUT2D eigenvalue weighted by Crippen LogP contribution is 2.27. The summed E-state index contributed by atoms with van der Waals surface area (Å²) in [6.45, 7) is 10.0. The molecule has 0 fully saturated rings. The molecule has 104 valence electrons. The molecule has 0 aliphatic carbocycles. The molecule has 0 unspecified atom stereocenters. The fourth-order valence-corrected chi connectivity index (χ4v) is 2.12. The number of ketones is 1. The Hall–Kier alpha value is -1.96. The summed E-state index contributed by atoms with van der Waals surface area (Å²) in [6.07, 6.45) is 0. The third-order valence-corrected chi connectivity index (χ3v) is 3.42. The predicted octanol–water partition coefficient (Wildman–Crippen LogP) is 4.56. The number of hydrogen-bond acceptors (Lipinski definition) is 2. The molecule has 0 spiro atoms. The molecular formula is C18H21NO. The molecular weight excluding hydrogens is 246 g/mol. The van der Waals surface area contributed by atoms with Gasteiger partial charge in [0.2, 0.25) is 0 Å². The smallest absolute Gasteiger partial charge is 0.159 e. The largest absolute Gasteiger partial charge is 0.295 e. The van der Waals surface area contributed by atoms with Crippen LogP contribution in [0.15, 0.2) is 36.4 Å². The van der Waals surface area contributed by atoms with E-state index in [-0.39, 0.29) is 11.2 Å². The van der Waals surface area contributed by atoms with Gasteiger partial charge in [0.15, 0.2) is 5.78 Å². The normalized spacial score (nSPS) is 11.4. The predicted molar refractivity (Wildman–Crippen MR) is 83.1 cm³/mol. The average molecular weight is 267 g/mol. The number of aromatic nitrogens is 1. The monoisotopic (exact) mass is 267 g/mol. The maximum Gasteiger partial charge on any atom is 0.159 e. The van der Waals surface area contributed by atoms with E-state index in [1.807, 2.05) is 30.3 Å². The van der Waals surface area contributed by atoms with Crippen molar-refractivity contribution in [3.05, 3.63) is 53.2 Å². The zero-order valence-electron chi connectivity index (χ0n) is 12.8. The van der Waals surface area contributed by atoms with E-state index in [1.54, 1.807) is 6.92 Å². The lowest BCUT2D eigenvalue weighted by molar-refractivity contribution is 0.101. The summed E-state index contributed by atoms with van der Waals surface area (Å²) >= 11 is 0. The summed E-state index contributed by atoms with van der Waals surface area (Å²) in [4.78, 5) is 16.5. The Morgan fingerprint density at radius 1 is 1.10 bits per heavy atom. The number of hydrogen-bond donors (Lipinski definition) is 0. The van der Waals surface area contributed by atoms with E-state index < -0.39 is 0 Å². The molecule has 0 radical (unpaired) electrons. The van der Waals surface area contributed by atoms with Crippen LogP contribution in [0, 0.1) is 6.92 Å². The highest BCUT2D eigenvalue weighted by Gasteiger charge is 2.19. The van der Waals surface area contributed by atoms with Crippen molar-refractivity contribution in [1.82, 2.24) is 4.98 Å². The van der Waals surface area contributed by atoms with Gasteiger partial charge in [0.25, 0.3) is 0 Å². The Morgan fingerprint density at radius 3 is 2.30 bits per heavy atom. The lowest BCUT2D eigenvalue weighted by Gasteiger charge is -2.20. The molecule has 0 atom stereocenters. The Bertz CT molecular complexity index is 651. The maximum absolute atomic E-state index is 11.8. The summed E-state index contributed by atoms with van der Waals surface area (Å²) < 4.78 is 0. The molecule has 1 heterocycles. The molecule has 2 aromatic rings. The van der Waals surface area contributed by atoms with Gasteiger partial charge in [-0.3, -0.25) is 9.78 Å². The van der Waals surface area contributed by atoms with E-state index >= 15 is 0 Å². The SMILES string of the molecule is CC(=O)c1cc(-c2ccccc2C)nc(C(C)(C)C)c1. The fourth-order valence-electron chi connectivity index (χ4n) is 2.12. The third-order valence-electron chi connectivity index (χ3n) is 3.42. The number of benzene rings is 1. The third kappa shape index (κ3) is 2.96. The van der Waals surface area contributed by atoms with Crippen molar-refractivity contribution in [2.24, 2.45) is 0 Å². The molecule has 2 nitrogen and oxygen atoms in total. The second-order valence-electron chi connectivity index (χ2n) is 6.25. The number of pyridine rings is 1. The highest BCUT2D eigenvalue weighted by atomic mass is 16.1. The molecule has 0 saturated carbocycles. The van der Waals surface area contributed by atoms with Gasteiger partial charge in [-0.25, -0.2) is 0 Å². The van der Waals surface area contributed by atoms with Crippen LogP contribution >= 0.6 is 0 Å². The topological polar surface area (TPSA) is 30.0 Å². The van der Waals surface area contributed by atoms with Gasteiger partial charge in [-0.05, 0) is 31.5 Å². The van der Waals surface area contributed by atoms with E-state index in [0.717, 1.165) is 22.5 Å². The van der Waals surface area contributed by atoms with Gasteiger partial charge < -0.3 is 0 Å². The molecule has 0 bridgehead atoms. The van der Waals surface area contributed by atoms with Crippen LogP contribution in [0.2, 0.25) is 0 Å². The number of rotatable bonds is 2. The number of Topliss-reactive ketones (excluding diaryl/α,β-unsaturated/α-hetero) is 1. The first kappa shape index (κ1) is 14.4. The van der Waals surface area contributed by atoms with Crippen molar-refractivity contribution in [3.63, 3.8) is 0 Å². The summed E-state index contributed by atoms with van der Waals surface area (Å²) in [5.74, 6) is 0.0766. The molecule has 1 aromatic heterocycles. The van der Waals surface area contributed by atoms with Gasteiger partial charge in [0.1, 0.15) is 0 Å². The van der Waals surface area contributed by atoms with Crippen molar-refractivity contribution >= 4 is 5.78 Å². The van der Waals surface area contributed by atoms with E-state index in [2.05, 4.69) is 33.8 Å². The first-order valence-corrected chi connectivity index (χ1v) is 6.88. The minimum absolute atomic E-state index is 0.0766. The van der Waals surface area contributed by atoms with Gasteiger partial charge in [0, 0.05) is 22.2 Å². The number of carbonyl (C=O) groups is 1. The van der Waals surface area contributed by atoms with Gasteiger partial charge in [-0.1, -0.05) is 45.0 Å². The first-order chi connectivity index (χ1) is 9.29. The van der Waals surface area contributed by atoms with Crippen LogP contribution < -0.4 is 0 Å². The van der Waals surface area contributed by atoms with Gasteiger partial charge >= 0.3 is 0 Å². The summed E-state index contributed by atoms with van der Waals surface area (Å²) in [5.41, 5.74) is 4.72. The number of aryl methyl sites for hydroxylation is 1. The van der Waals surface area contributed by atoms with Crippen LogP contribution in [0.3, 0.4) is 0 Å². The molecule has 0 amide bonds. The molecule has 0 aliphatic rings. The lowest BCUT2D eigenvalue weighted by atomic mass is 9.89.